The fourth-order valence-corrected chi connectivity index (χ4v) is 4.97. The van der Waals surface area contributed by atoms with E-state index in [2.05, 4.69) is 34.4 Å². The lowest BCUT2D eigenvalue weighted by Gasteiger charge is -2.37. The van der Waals surface area contributed by atoms with Gasteiger partial charge in [-0.2, -0.15) is 0 Å². The number of benzene rings is 2. The summed E-state index contributed by atoms with van der Waals surface area (Å²) in [6, 6.07) is 18.4. The Labute approximate surface area is 145 Å². The molecular weight excluding hydrogens is 318 g/mol. The number of ether oxygens (including phenoxy) is 1. The van der Waals surface area contributed by atoms with E-state index < -0.39 is 9.71 Å². The summed E-state index contributed by atoms with van der Waals surface area (Å²) in [7, 11) is -2.48. The van der Waals surface area contributed by atoms with Crippen molar-refractivity contribution in [2.45, 2.75) is 30.7 Å². The van der Waals surface area contributed by atoms with Gasteiger partial charge in [-0.05, 0) is 43.3 Å². The second-order valence-electron chi connectivity index (χ2n) is 6.35. The molecule has 2 aromatic rings. The zero-order chi connectivity index (χ0) is 17.0. The van der Waals surface area contributed by atoms with Crippen molar-refractivity contribution in [2.75, 3.05) is 19.8 Å². The summed E-state index contributed by atoms with van der Waals surface area (Å²) < 4.78 is 21.2. The molecule has 1 saturated heterocycles. The Morgan fingerprint density at radius 1 is 1.17 bits per heavy atom. The van der Waals surface area contributed by atoms with Gasteiger partial charge in [0.2, 0.25) is 0 Å². The van der Waals surface area contributed by atoms with E-state index in [1.165, 1.54) is 5.56 Å². The molecule has 0 aliphatic carbocycles. The van der Waals surface area contributed by atoms with Crippen LogP contribution in [0.25, 0.3) is 0 Å². The standard InChI is InChI=1S/C20H25NO2S/c1-17-8-12-20(13-9-17)24(2,22)21-14-15-23-16-19(21)11-10-18-6-4-3-5-7-18/h3-9,12-13,19H,2,10-11,14-16H2,1H3. The van der Waals surface area contributed by atoms with Crippen LogP contribution in [0.4, 0.5) is 0 Å². The van der Waals surface area contributed by atoms with Crippen LogP contribution in [0, 0.1) is 6.92 Å². The molecule has 0 N–H and O–H groups in total. The van der Waals surface area contributed by atoms with Gasteiger partial charge in [-0.1, -0.05) is 48.0 Å². The molecular formula is C20H25NO2S. The van der Waals surface area contributed by atoms with Gasteiger partial charge in [0.05, 0.1) is 22.9 Å². The Morgan fingerprint density at radius 2 is 1.88 bits per heavy atom. The van der Waals surface area contributed by atoms with Gasteiger partial charge in [0.25, 0.3) is 0 Å². The van der Waals surface area contributed by atoms with E-state index in [0.29, 0.717) is 19.8 Å². The van der Waals surface area contributed by atoms with Crippen LogP contribution in [0.3, 0.4) is 0 Å². The third-order valence-corrected chi connectivity index (χ3v) is 6.80. The Balaban J connectivity index is 1.77. The predicted molar refractivity (Wildman–Crippen MR) is 101 cm³/mol. The molecule has 2 atom stereocenters. The minimum Gasteiger partial charge on any atom is -0.378 e. The van der Waals surface area contributed by atoms with Crippen molar-refractivity contribution in [1.82, 2.24) is 4.31 Å². The van der Waals surface area contributed by atoms with Gasteiger partial charge in [-0.3, -0.25) is 0 Å². The first kappa shape index (κ1) is 17.2. The number of morpholine rings is 1. The first-order valence-electron chi connectivity index (χ1n) is 8.40. The largest absolute Gasteiger partial charge is 0.378 e. The molecule has 0 aromatic heterocycles. The molecule has 4 heteroatoms. The third-order valence-electron chi connectivity index (χ3n) is 4.55. The number of hydrogen-bond acceptors (Lipinski definition) is 2. The summed E-state index contributed by atoms with van der Waals surface area (Å²) >= 11 is 0. The summed E-state index contributed by atoms with van der Waals surface area (Å²) in [5, 5.41) is 0. The van der Waals surface area contributed by atoms with Gasteiger partial charge in [-0.15, -0.1) is 0 Å². The highest BCUT2D eigenvalue weighted by Gasteiger charge is 2.29. The Hall–Kier alpha value is -1.62. The summed E-state index contributed by atoms with van der Waals surface area (Å²) in [5.41, 5.74) is 2.46. The summed E-state index contributed by atoms with van der Waals surface area (Å²) in [6.45, 7) is 3.92. The Morgan fingerprint density at radius 3 is 2.58 bits per heavy atom. The van der Waals surface area contributed by atoms with E-state index >= 15 is 0 Å². The molecule has 1 fully saturated rings. The van der Waals surface area contributed by atoms with Crippen molar-refractivity contribution >= 4 is 15.6 Å². The van der Waals surface area contributed by atoms with E-state index in [1.54, 1.807) is 0 Å². The minimum absolute atomic E-state index is 0.130. The zero-order valence-corrected chi connectivity index (χ0v) is 15.0. The average molecular weight is 343 g/mol. The van der Waals surface area contributed by atoms with E-state index in [-0.39, 0.29) is 6.04 Å². The second-order valence-corrected chi connectivity index (χ2v) is 8.57. The van der Waals surface area contributed by atoms with Crippen molar-refractivity contribution in [3.8, 4) is 0 Å². The van der Waals surface area contributed by atoms with Crippen LogP contribution >= 0.6 is 0 Å². The first-order chi connectivity index (χ1) is 11.6. The SMILES string of the molecule is C=S(=O)(c1ccc(C)cc1)N1CCOCC1CCc1ccccc1. The average Bonchev–Trinajstić information content (AvgIpc) is 2.61. The van der Waals surface area contributed by atoms with Crippen LogP contribution in [-0.4, -0.2) is 40.2 Å². The molecule has 0 radical (unpaired) electrons. The van der Waals surface area contributed by atoms with Crippen LogP contribution in [0.1, 0.15) is 17.5 Å². The minimum atomic E-state index is -2.48. The highest BCUT2D eigenvalue weighted by molar-refractivity contribution is 7.98. The summed E-state index contributed by atoms with van der Waals surface area (Å²) in [6.07, 6.45) is 1.87. The molecule has 1 aliphatic heterocycles. The number of nitrogens with zero attached hydrogens (tertiary/aromatic N) is 1. The van der Waals surface area contributed by atoms with Gasteiger partial charge in [0.1, 0.15) is 0 Å². The second kappa shape index (κ2) is 7.51. The molecule has 0 amide bonds. The lowest BCUT2D eigenvalue weighted by atomic mass is 10.1. The van der Waals surface area contributed by atoms with E-state index in [4.69, 9.17) is 4.74 Å². The van der Waals surface area contributed by atoms with Crippen molar-refractivity contribution in [3.05, 3.63) is 65.7 Å². The van der Waals surface area contributed by atoms with Crippen LogP contribution in [0.15, 0.2) is 59.5 Å². The molecule has 1 heterocycles. The summed E-state index contributed by atoms with van der Waals surface area (Å²) in [4.78, 5) is 0.805. The maximum atomic E-state index is 13.4. The summed E-state index contributed by atoms with van der Waals surface area (Å²) in [5.74, 6) is 4.10. The molecule has 24 heavy (non-hydrogen) atoms. The molecule has 0 spiro atoms. The van der Waals surface area contributed by atoms with E-state index in [9.17, 15) is 4.21 Å². The van der Waals surface area contributed by atoms with E-state index in [1.807, 2.05) is 37.3 Å². The molecule has 0 saturated carbocycles. The number of hydrogen-bond donors (Lipinski definition) is 0. The smallest absolute Gasteiger partial charge is 0.0632 e. The highest BCUT2D eigenvalue weighted by Crippen LogP contribution is 2.23. The fraction of sp³-hybridized carbons (Fsp3) is 0.350. The molecule has 128 valence electrons. The highest BCUT2D eigenvalue weighted by atomic mass is 32.2. The van der Waals surface area contributed by atoms with Crippen LogP contribution in [0.2, 0.25) is 0 Å². The fourth-order valence-electron chi connectivity index (χ4n) is 3.12. The number of rotatable bonds is 5. The normalized spacial score (nSPS) is 21.3. The van der Waals surface area contributed by atoms with Gasteiger partial charge in [0, 0.05) is 17.5 Å². The van der Waals surface area contributed by atoms with Crippen molar-refractivity contribution < 1.29 is 8.95 Å². The van der Waals surface area contributed by atoms with Crippen LogP contribution in [0.5, 0.6) is 0 Å². The molecule has 2 unspecified atom stereocenters. The van der Waals surface area contributed by atoms with Crippen molar-refractivity contribution in [2.24, 2.45) is 0 Å². The molecule has 0 bridgehead atoms. The van der Waals surface area contributed by atoms with Gasteiger partial charge >= 0.3 is 0 Å². The van der Waals surface area contributed by atoms with Gasteiger partial charge < -0.3 is 4.74 Å². The lowest BCUT2D eigenvalue weighted by Crippen LogP contribution is -2.48. The monoisotopic (exact) mass is 343 g/mol. The Kier molecular flexibility index (Phi) is 5.39. The number of aryl methyl sites for hydroxylation is 2. The maximum absolute atomic E-state index is 13.4. The Bertz CT molecular complexity index is 754. The molecule has 1 aliphatic rings. The van der Waals surface area contributed by atoms with Gasteiger partial charge in [-0.25, -0.2) is 8.51 Å². The third kappa shape index (κ3) is 3.89. The van der Waals surface area contributed by atoms with Crippen LogP contribution < -0.4 is 0 Å². The maximum Gasteiger partial charge on any atom is 0.0632 e. The zero-order valence-electron chi connectivity index (χ0n) is 14.2. The van der Waals surface area contributed by atoms with E-state index in [0.717, 1.165) is 23.3 Å². The van der Waals surface area contributed by atoms with Crippen molar-refractivity contribution in [1.29, 1.82) is 0 Å². The van der Waals surface area contributed by atoms with Crippen LogP contribution in [-0.2, 0) is 20.9 Å². The quantitative estimate of drug-likeness (QED) is 0.780. The topological polar surface area (TPSA) is 29.5 Å². The molecule has 2 aromatic carbocycles. The lowest BCUT2D eigenvalue weighted by molar-refractivity contribution is 0.0318. The molecule has 3 rings (SSSR count). The van der Waals surface area contributed by atoms with Crippen molar-refractivity contribution in [3.63, 3.8) is 0 Å². The predicted octanol–water partition coefficient (Wildman–Crippen LogP) is 3.32. The first-order valence-corrected chi connectivity index (χ1v) is 10.1. The van der Waals surface area contributed by atoms with Gasteiger partial charge in [0.15, 0.2) is 0 Å². The molecule has 3 nitrogen and oxygen atoms in total.